The zero-order chi connectivity index (χ0) is 22.9. The fourth-order valence-electron chi connectivity index (χ4n) is 3.24. The number of primary amides is 1. The Bertz CT molecular complexity index is 1410. The molecule has 4 aromatic rings. The average molecular weight is 449 g/mol. The lowest BCUT2D eigenvalue weighted by Gasteiger charge is -2.19. The highest BCUT2D eigenvalue weighted by Crippen LogP contribution is 2.31. The van der Waals surface area contributed by atoms with E-state index < -0.39 is 21.8 Å². The number of sulfonamides is 1. The van der Waals surface area contributed by atoms with Crippen molar-refractivity contribution in [2.45, 2.75) is 4.90 Å². The van der Waals surface area contributed by atoms with Crippen molar-refractivity contribution in [2.24, 2.45) is 5.73 Å². The third-order valence-electron chi connectivity index (χ3n) is 4.95. The van der Waals surface area contributed by atoms with E-state index in [0.717, 1.165) is 0 Å². The van der Waals surface area contributed by atoms with Gasteiger partial charge in [0.1, 0.15) is 11.3 Å². The molecule has 3 N–H and O–H groups in total. The number of nitrogens with two attached hydrogens (primary N) is 1. The van der Waals surface area contributed by atoms with Crippen LogP contribution in [0.3, 0.4) is 0 Å². The Kier molecular flexibility index (Phi) is 5.41. The van der Waals surface area contributed by atoms with Crippen molar-refractivity contribution in [1.82, 2.24) is 0 Å². The minimum atomic E-state index is -3.81. The van der Waals surface area contributed by atoms with Crippen LogP contribution in [0.1, 0.15) is 20.9 Å². The minimum Gasteiger partial charge on any atom is -0.449 e. The predicted octanol–water partition coefficient (Wildman–Crippen LogP) is 3.61. The Hall–Kier alpha value is -4.11. The molecule has 1 heterocycles. The van der Waals surface area contributed by atoms with Crippen LogP contribution >= 0.6 is 0 Å². The summed E-state index contributed by atoms with van der Waals surface area (Å²) in [4.78, 5) is 24.6. The highest BCUT2D eigenvalue weighted by Gasteiger charge is 2.23. The molecule has 0 saturated heterocycles. The molecule has 0 radical (unpaired) electrons. The standard InChI is InChI=1S/C23H19N3O5S/c1-26(16-7-3-2-4-8-16)32(29,30)17-13-11-15(12-14-17)23(28)25-20-18-9-5-6-10-19(18)31-21(20)22(24)27/h2-14H,1H3,(H2,24,27)(H,25,28). The molecule has 0 fully saturated rings. The molecule has 0 aliphatic heterocycles. The monoisotopic (exact) mass is 449 g/mol. The number of rotatable bonds is 6. The average Bonchev–Trinajstić information content (AvgIpc) is 3.18. The van der Waals surface area contributed by atoms with Crippen molar-refractivity contribution in [2.75, 3.05) is 16.7 Å². The zero-order valence-electron chi connectivity index (χ0n) is 17.0. The number of amides is 2. The van der Waals surface area contributed by atoms with E-state index in [1.165, 1.54) is 35.6 Å². The van der Waals surface area contributed by atoms with Crippen LogP contribution in [0, 0.1) is 0 Å². The second-order valence-corrected chi connectivity index (χ2v) is 8.92. The van der Waals surface area contributed by atoms with Gasteiger partial charge < -0.3 is 15.5 Å². The fourth-order valence-corrected chi connectivity index (χ4v) is 4.44. The van der Waals surface area contributed by atoms with Crippen LogP contribution in [-0.2, 0) is 10.0 Å². The first kappa shape index (κ1) is 21.1. The number of nitrogens with one attached hydrogen (secondary N) is 1. The minimum absolute atomic E-state index is 0.0342. The van der Waals surface area contributed by atoms with Gasteiger partial charge in [0.2, 0.25) is 5.76 Å². The van der Waals surface area contributed by atoms with Crippen LogP contribution in [0.15, 0.2) is 88.2 Å². The number of para-hydroxylation sites is 2. The van der Waals surface area contributed by atoms with Crippen molar-refractivity contribution in [3.05, 3.63) is 90.2 Å². The van der Waals surface area contributed by atoms with Gasteiger partial charge >= 0.3 is 0 Å². The molecular formula is C23H19N3O5S. The summed E-state index contributed by atoms with van der Waals surface area (Å²) in [5.41, 5.74) is 6.67. The lowest BCUT2D eigenvalue weighted by Crippen LogP contribution is -2.26. The SMILES string of the molecule is CN(c1ccccc1)S(=O)(=O)c1ccc(C(=O)Nc2c(C(N)=O)oc3ccccc23)cc1. The van der Waals surface area contributed by atoms with Crippen molar-refractivity contribution in [3.8, 4) is 0 Å². The normalized spacial score (nSPS) is 11.3. The van der Waals surface area contributed by atoms with Gasteiger partial charge in [0.15, 0.2) is 0 Å². The molecular weight excluding hydrogens is 430 g/mol. The van der Waals surface area contributed by atoms with Crippen molar-refractivity contribution < 1.29 is 22.4 Å². The van der Waals surface area contributed by atoms with Crippen LogP contribution in [-0.4, -0.2) is 27.3 Å². The Morgan fingerprint density at radius 2 is 1.53 bits per heavy atom. The first-order valence-electron chi connectivity index (χ1n) is 9.56. The van der Waals surface area contributed by atoms with Gasteiger partial charge in [-0.1, -0.05) is 30.3 Å². The molecule has 0 atom stereocenters. The quantitative estimate of drug-likeness (QED) is 0.466. The maximum atomic E-state index is 12.9. The predicted molar refractivity (Wildman–Crippen MR) is 121 cm³/mol. The number of benzene rings is 3. The first-order valence-corrected chi connectivity index (χ1v) is 11.0. The topological polar surface area (TPSA) is 123 Å². The fraction of sp³-hybridized carbons (Fsp3) is 0.0435. The van der Waals surface area contributed by atoms with Crippen LogP contribution in [0.4, 0.5) is 11.4 Å². The van der Waals surface area contributed by atoms with Gasteiger partial charge in [-0.3, -0.25) is 13.9 Å². The lowest BCUT2D eigenvalue weighted by molar-refractivity contribution is 0.0977. The van der Waals surface area contributed by atoms with Crippen LogP contribution in [0.5, 0.6) is 0 Å². The number of carbonyl (C=O) groups excluding carboxylic acids is 2. The summed E-state index contributed by atoms with van der Waals surface area (Å²) in [6, 6.07) is 21.0. The molecule has 1 aromatic heterocycles. The number of carbonyl (C=O) groups is 2. The molecule has 2 amide bonds. The molecule has 0 aliphatic carbocycles. The van der Waals surface area contributed by atoms with Crippen molar-refractivity contribution >= 4 is 44.2 Å². The summed E-state index contributed by atoms with van der Waals surface area (Å²) in [5, 5.41) is 3.17. The van der Waals surface area contributed by atoms with Gasteiger partial charge in [0.05, 0.1) is 10.6 Å². The Labute approximate surface area is 184 Å². The van der Waals surface area contributed by atoms with Crippen LogP contribution in [0.2, 0.25) is 0 Å². The lowest BCUT2D eigenvalue weighted by atomic mass is 10.2. The summed E-state index contributed by atoms with van der Waals surface area (Å²) >= 11 is 0. The number of hydrogen-bond acceptors (Lipinski definition) is 5. The van der Waals surface area contributed by atoms with Gasteiger partial charge in [0, 0.05) is 18.0 Å². The first-order chi connectivity index (χ1) is 15.3. The molecule has 0 bridgehead atoms. The Balaban J connectivity index is 1.60. The molecule has 4 rings (SSSR count). The van der Waals surface area contributed by atoms with Gasteiger partial charge in [-0.15, -0.1) is 0 Å². The second-order valence-electron chi connectivity index (χ2n) is 6.95. The number of furan rings is 1. The highest BCUT2D eigenvalue weighted by molar-refractivity contribution is 7.92. The van der Waals surface area contributed by atoms with Crippen molar-refractivity contribution in [1.29, 1.82) is 0 Å². The number of hydrogen-bond donors (Lipinski definition) is 2. The maximum Gasteiger partial charge on any atom is 0.286 e. The summed E-state index contributed by atoms with van der Waals surface area (Å²) in [6.45, 7) is 0. The molecule has 0 saturated carbocycles. The van der Waals surface area contributed by atoms with Crippen molar-refractivity contribution in [3.63, 3.8) is 0 Å². The smallest absolute Gasteiger partial charge is 0.286 e. The zero-order valence-corrected chi connectivity index (χ0v) is 17.8. The molecule has 32 heavy (non-hydrogen) atoms. The maximum absolute atomic E-state index is 12.9. The summed E-state index contributed by atoms with van der Waals surface area (Å²) in [7, 11) is -2.35. The van der Waals surface area contributed by atoms with E-state index in [4.69, 9.17) is 10.2 Å². The van der Waals surface area contributed by atoms with E-state index in [1.54, 1.807) is 54.6 Å². The van der Waals surface area contributed by atoms with E-state index in [1.807, 2.05) is 0 Å². The molecule has 9 heteroatoms. The van der Waals surface area contributed by atoms with E-state index in [0.29, 0.717) is 16.7 Å². The molecule has 162 valence electrons. The number of nitrogens with zero attached hydrogens (tertiary/aromatic N) is 1. The van der Waals surface area contributed by atoms with Gasteiger partial charge in [0.25, 0.3) is 21.8 Å². The van der Waals surface area contributed by atoms with Gasteiger partial charge in [-0.2, -0.15) is 0 Å². The summed E-state index contributed by atoms with van der Waals surface area (Å²) in [5.74, 6) is -1.52. The van der Waals surface area contributed by atoms with E-state index in [-0.39, 0.29) is 21.9 Å². The number of fused-ring (bicyclic) bond motifs is 1. The van der Waals surface area contributed by atoms with E-state index >= 15 is 0 Å². The molecule has 0 unspecified atom stereocenters. The van der Waals surface area contributed by atoms with Crippen LogP contribution in [0.25, 0.3) is 11.0 Å². The number of anilines is 2. The van der Waals surface area contributed by atoms with E-state index in [9.17, 15) is 18.0 Å². The third-order valence-corrected chi connectivity index (χ3v) is 6.75. The summed E-state index contributed by atoms with van der Waals surface area (Å²) in [6.07, 6.45) is 0. The largest absolute Gasteiger partial charge is 0.449 e. The molecule has 0 spiro atoms. The van der Waals surface area contributed by atoms with E-state index in [2.05, 4.69) is 5.32 Å². The second kappa shape index (κ2) is 8.20. The van der Waals surface area contributed by atoms with Crippen LogP contribution < -0.4 is 15.4 Å². The van der Waals surface area contributed by atoms with Gasteiger partial charge in [-0.25, -0.2) is 8.42 Å². The summed E-state index contributed by atoms with van der Waals surface area (Å²) < 4.78 is 32.4. The Morgan fingerprint density at radius 1 is 0.906 bits per heavy atom. The molecule has 0 aliphatic rings. The molecule has 8 nitrogen and oxygen atoms in total. The highest BCUT2D eigenvalue weighted by atomic mass is 32.2. The third kappa shape index (κ3) is 3.81. The molecule has 3 aromatic carbocycles. The Morgan fingerprint density at radius 3 is 2.19 bits per heavy atom. The van der Waals surface area contributed by atoms with Gasteiger partial charge in [-0.05, 0) is 48.5 Å².